The minimum atomic E-state index is -0.500. The van der Waals surface area contributed by atoms with Crippen LogP contribution in [0.3, 0.4) is 0 Å². The van der Waals surface area contributed by atoms with Gasteiger partial charge in [-0.25, -0.2) is 0 Å². The van der Waals surface area contributed by atoms with Gasteiger partial charge in [0.1, 0.15) is 11.8 Å². The third kappa shape index (κ3) is 3.72. The number of aliphatic hydroxyl groups is 1. The second-order valence-electron chi connectivity index (χ2n) is 5.42. The SMILES string of the molecule is CCCC(CCC)C(O)c1c(OC)cnn1C(C)C. The molecule has 0 radical (unpaired) electrons. The van der Waals surface area contributed by atoms with Crippen LogP contribution in [0.15, 0.2) is 6.20 Å². The summed E-state index contributed by atoms with van der Waals surface area (Å²) in [6, 6.07) is 0.220. The van der Waals surface area contributed by atoms with Crippen molar-refractivity contribution < 1.29 is 9.84 Å². The molecule has 1 aromatic heterocycles. The molecule has 0 saturated carbocycles. The number of aliphatic hydroxyl groups excluding tert-OH is 1. The van der Waals surface area contributed by atoms with Crippen molar-refractivity contribution >= 4 is 0 Å². The van der Waals surface area contributed by atoms with Crippen molar-refractivity contribution in [2.24, 2.45) is 5.92 Å². The van der Waals surface area contributed by atoms with Crippen LogP contribution in [-0.4, -0.2) is 22.0 Å². The lowest BCUT2D eigenvalue weighted by atomic mass is 9.90. The zero-order valence-corrected chi connectivity index (χ0v) is 12.9. The summed E-state index contributed by atoms with van der Waals surface area (Å²) in [4.78, 5) is 0. The van der Waals surface area contributed by atoms with Gasteiger partial charge in [0.05, 0.1) is 13.3 Å². The third-order valence-corrected chi connectivity index (χ3v) is 3.55. The number of aromatic nitrogens is 2. The maximum absolute atomic E-state index is 10.7. The van der Waals surface area contributed by atoms with Crippen LogP contribution in [-0.2, 0) is 0 Å². The van der Waals surface area contributed by atoms with Crippen molar-refractivity contribution in [3.05, 3.63) is 11.9 Å². The highest BCUT2D eigenvalue weighted by Crippen LogP contribution is 2.35. The summed E-state index contributed by atoms with van der Waals surface area (Å²) in [6.45, 7) is 8.45. The Hall–Kier alpha value is -1.03. The third-order valence-electron chi connectivity index (χ3n) is 3.55. The molecular weight excluding hydrogens is 240 g/mol. The van der Waals surface area contributed by atoms with E-state index in [1.807, 2.05) is 4.68 Å². The molecule has 0 bridgehead atoms. The second kappa shape index (κ2) is 7.53. The van der Waals surface area contributed by atoms with Crippen molar-refractivity contribution in [2.75, 3.05) is 7.11 Å². The van der Waals surface area contributed by atoms with E-state index in [1.165, 1.54) is 0 Å². The first-order valence-electron chi connectivity index (χ1n) is 7.36. The van der Waals surface area contributed by atoms with Crippen molar-refractivity contribution in [2.45, 2.75) is 65.5 Å². The summed E-state index contributed by atoms with van der Waals surface area (Å²) in [5.41, 5.74) is 0.824. The van der Waals surface area contributed by atoms with Gasteiger partial charge in [-0.1, -0.05) is 26.7 Å². The number of rotatable bonds is 8. The van der Waals surface area contributed by atoms with Crippen LogP contribution >= 0.6 is 0 Å². The number of ether oxygens (including phenoxy) is 1. The molecule has 110 valence electrons. The second-order valence-corrected chi connectivity index (χ2v) is 5.42. The molecule has 1 heterocycles. The monoisotopic (exact) mass is 268 g/mol. The van der Waals surface area contributed by atoms with Gasteiger partial charge in [-0.2, -0.15) is 5.10 Å². The van der Waals surface area contributed by atoms with Crippen LogP contribution in [0.5, 0.6) is 5.75 Å². The number of methoxy groups -OCH3 is 1. The Labute approximate surface area is 116 Å². The topological polar surface area (TPSA) is 47.3 Å². The smallest absolute Gasteiger partial charge is 0.162 e. The van der Waals surface area contributed by atoms with Crippen LogP contribution in [0.1, 0.15) is 71.2 Å². The molecule has 0 amide bonds. The Morgan fingerprint density at radius 3 is 2.26 bits per heavy atom. The molecule has 19 heavy (non-hydrogen) atoms. The average molecular weight is 268 g/mol. The number of nitrogens with zero attached hydrogens (tertiary/aromatic N) is 2. The largest absolute Gasteiger partial charge is 0.493 e. The Morgan fingerprint density at radius 1 is 1.26 bits per heavy atom. The molecule has 4 nitrogen and oxygen atoms in total. The Morgan fingerprint density at radius 2 is 1.84 bits per heavy atom. The molecule has 1 unspecified atom stereocenters. The predicted octanol–water partition coefficient (Wildman–Crippen LogP) is 3.72. The van der Waals surface area contributed by atoms with E-state index in [9.17, 15) is 5.11 Å². The molecule has 0 spiro atoms. The van der Waals surface area contributed by atoms with Gasteiger partial charge < -0.3 is 9.84 Å². The van der Waals surface area contributed by atoms with Crippen LogP contribution in [0.25, 0.3) is 0 Å². The Balaban J connectivity index is 3.06. The minimum Gasteiger partial charge on any atom is -0.493 e. The normalized spacial score (nSPS) is 13.3. The zero-order valence-electron chi connectivity index (χ0n) is 12.9. The van der Waals surface area contributed by atoms with Gasteiger partial charge in [-0.3, -0.25) is 4.68 Å². The van der Waals surface area contributed by atoms with E-state index in [0.717, 1.165) is 31.4 Å². The molecule has 4 heteroatoms. The molecule has 0 aliphatic carbocycles. The predicted molar refractivity (Wildman–Crippen MR) is 77.4 cm³/mol. The maximum Gasteiger partial charge on any atom is 0.162 e. The lowest BCUT2D eigenvalue weighted by Crippen LogP contribution is -2.19. The van der Waals surface area contributed by atoms with E-state index in [2.05, 4.69) is 32.8 Å². The summed E-state index contributed by atoms with van der Waals surface area (Å²) in [6.07, 6.45) is 5.43. The molecule has 0 saturated heterocycles. The van der Waals surface area contributed by atoms with Gasteiger partial charge in [-0.15, -0.1) is 0 Å². The quantitative estimate of drug-likeness (QED) is 0.781. The van der Waals surface area contributed by atoms with Gasteiger partial charge in [0, 0.05) is 6.04 Å². The van der Waals surface area contributed by atoms with Crippen LogP contribution in [0.4, 0.5) is 0 Å². The van der Waals surface area contributed by atoms with E-state index in [4.69, 9.17) is 4.74 Å². The molecule has 1 aromatic rings. The van der Waals surface area contributed by atoms with E-state index >= 15 is 0 Å². The van der Waals surface area contributed by atoms with Crippen molar-refractivity contribution in [1.29, 1.82) is 0 Å². The summed E-state index contributed by atoms with van der Waals surface area (Å²) >= 11 is 0. The lowest BCUT2D eigenvalue weighted by Gasteiger charge is -2.24. The van der Waals surface area contributed by atoms with Crippen LogP contribution in [0.2, 0.25) is 0 Å². The molecule has 1 N–H and O–H groups in total. The zero-order chi connectivity index (χ0) is 14.4. The highest BCUT2D eigenvalue weighted by atomic mass is 16.5. The van der Waals surface area contributed by atoms with E-state index in [-0.39, 0.29) is 12.0 Å². The maximum atomic E-state index is 10.7. The van der Waals surface area contributed by atoms with Gasteiger partial charge in [-0.05, 0) is 32.6 Å². The standard InChI is InChI=1S/C15H28N2O2/c1-6-8-12(9-7-2)15(18)14-13(19-5)10-16-17(14)11(3)4/h10-12,15,18H,6-9H2,1-5H3. The lowest BCUT2D eigenvalue weighted by molar-refractivity contribution is 0.0838. The number of hydrogen-bond donors (Lipinski definition) is 1. The highest BCUT2D eigenvalue weighted by molar-refractivity contribution is 5.28. The minimum absolute atomic E-state index is 0.220. The summed E-state index contributed by atoms with van der Waals surface area (Å²) in [5.74, 6) is 0.969. The highest BCUT2D eigenvalue weighted by Gasteiger charge is 2.27. The van der Waals surface area contributed by atoms with Crippen LogP contribution < -0.4 is 4.74 Å². The van der Waals surface area contributed by atoms with E-state index in [0.29, 0.717) is 5.75 Å². The first kappa shape index (κ1) is 16.0. The summed E-state index contributed by atoms with van der Waals surface area (Å²) in [7, 11) is 1.63. The van der Waals surface area contributed by atoms with E-state index < -0.39 is 6.10 Å². The fraction of sp³-hybridized carbons (Fsp3) is 0.800. The van der Waals surface area contributed by atoms with Crippen molar-refractivity contribution in [1.82, 2.24) is 9.78 Å². The van der Waals surface area contributed by atoms with Crippen LogP contribution in [0, 0.1) is 5.92 Å². The Bertz CT molecular complexity index is 368. The number of hydrogen-bond acceptors (Lipinski definition) is 3. The molecule has 0 aliphatic heterocycles. The fourth-order valence-electron chi connectivity index (χ4n) is 2.63. The van der Waals surface area contributed by atoms with Gasteiger partial charge in [0.15, 0.2) is 5.75 Å². The van der Waals surface area contributed by atoms with Crippen molar-refractivity contribution in [3.8, 4) is 5.75 Å². The first-order valence-corrected chi connectivity index (χ1v) is 7.36. The van der Waals surface area contributed by atoms with Gasteiger partial charge >= 0.3 is 0 Å². The van der Waals surface area contributed by atoms with Gasteiger partial charge in [0.25, 0.3) is 0 Å². The van der Waals surface area contributed by atoms with Crippen molar-refractivity contribution in [3.63, 3.8) is 0 Å². The summed E-state index contributed by atoms with van der Waals surface area (Å²) < 4.78 is 7.24. The van der Waals surface area contributed by atoms with Gasteiger partial charge in [0.2, 0.25) is 0 Å². The summed E-state index contributed by atoms with van der Waals surface area (Å²) in [5, 5.41) is 15.1. The molecule has 0 aliphatic rings. The molecule has 1 atom stereocenters. The molecule has 0 fully saturated rings. The average Bonchev–Trinajstić information content (AvgIpc) is 2.81. The fourth-order valence-corrected chi connectivity index (χ4v) is 2.63. The molecule has 1 rings (SSSR count). The molecule has 0 aromatic carbocycles. The Kier molecular flexibility index (Phi) is 6.35. The first-order chi connectivity index (χ1) is 9.06. The molecular formula is C15H28N2O2. The van der Waals surface area contributed by atoms with E-state index in [1.54, 1.807) is 13.3 Å².